The third-order valence-corrected chi connectivity index (χ3v) is 0.885. The molecule has 0 bridgehead atoms. The minimum Gasteiger partial charge on any atom is -0.373 e. The highest BCUT2D eigenvalue weighted by Gasteiger charge is 2.12. The first kappa shape index (κ1) is 9.60. The van der Waals surface area contributed by atoms with Crippen molar-refractivity contribution >= 4 is 11.9 Å². The lowest BCUT2D eigenvalue weighted by Gasteiger charge is -1.99. The first-order chi connectivity index (χ1) is 5.11. The lowest BCUT2D eigenvalue weighted by Crippen LogP contribution is -2.17. The fraction of sp³-hybridized carbons (Fsp3) is 0.200. The number of nitrogens with two attached hydrogens (primary N) is 2. The Morgan fingerprint density at radius 2 is 1.82 bits per heavy atom. The molecule has 0 saturated carbocycles. The molecule has 62 valence electrons. The van der Waals surface area contributed by atoms with E-state index in [-0.39, 0.29) is 12.0 Å². The summed E-state index contributed by atoms with van der Waals surface area (Å²) >= 11 is 0. The summed E-state index contributed by atoms with van der Waals surface area (Å²) < 4.78 is 0. The van der Waals surface area contributed by atoms with E-state index < -0.39 is 11.9 Å². The maximum atomic E-state index is 10.5. The average molecular weight is 160 g/mol. The summed E-state index contributed by atoms with van der Waals surface area (Å²) in [7, 11) is 0. The molecule has 0 amide bonds. The van der Waals surface area contributed by atoms with Crippen LogP contribution in [0.4, 0.5) is 0 Å². The molecule has 0 saturated heterocycles. The van der Waals surface area contributed by atoms with Crippen molar-refractivity contribution in [1.82, 2.24) is 0 Å². The lowest BCUT2D eigenvalue weighted by molar-refractivity contribution is -0.146. The van der Waals surface area contributed by atoms with Gasteiger partial charge in [-0.05, 0) is 0 Å². The van der Waals surface area contributed by atoms with Crippen molar-refractivity contribution in [1.29, 1.82) is 0 Å². The van der Waals surface area contributed by atoms with Gasteiger partial charge in [0.05, 0.1) is 6.42 Å². The summed E-state index contributed by atoms with van der Waals surface area (Å²) in [4.78, 5) is 28.4. The molecule has 0 aliphatic heterocycles. The van der Waals surface area contributed by atoms with Crippen LogP contribution in [0.5, 0.6) is 0 Å². The second-order valence-electron chi connectivity index (χ2n) is 1.68. The molecule has 11 heavy (non-hydrogen) atoms. The summed E-state index contributed by atoms with van der Waals surface area (Å²) in [5, 5.41) is 0. The monoisotopic (exact) mass is 160 g/mol. The van der Waals surface area contributed by atoms with Crippen molar-refractivity contribution in [2.75, 3.05) is 0 Å². The molecule has 0 fully saturated rings. The fourth-order valence-electron chi connectivity index (χ4n) is 0.371. The molecule has 0 aliphatic carbocycles. The van der Waals surface area contributed by atoms with E-state index >= 15 is 0 Å². The van der Waals surface area contributed by atoms with Crippen molar-refractivity contribution < 1.29 is 19.3 Å². The predicted molar refractivity (Wildman–Crippen MR) is 34.3 cm³/mol. The zero-order chi connectivity index (χ0) is 8.85. The van der Waals surface area contributed by atoms with Gasteiger partial charge in [0.15, 0.2) is 0 Å². The molecule has 0 radical (unpaired) electrons. The molecule has 4 N–H and O–H groups in total. The quantitative estimate of drug-likeness (QED) is 0.395. The van der Waals surface area contributed by atoms with E-state index in [1.54, 1.807) is 0 Å². The standard InChI is InChI=1S/C5H8N2O4/c1-3(5(9)11-7)2-4(8)10-6/h1-2,6-7H2. The minimum atomic E-state index is -0.865. The van der Waals surface area contributed by atoms with E-state index in [0.29, 0.717) is 0 Å². The lowest BCUT2D eigenvalue weighted by atomic mass is 10.2. The highest BCUT2D eigenvalue weighted by molar-refractivity contribution is 5.92. The second kappa shape index (κ2) is 4.42. The number of hydrogen-bond acceptors (Lipinski definition) is 6. The molecular weight excluding hydrogens is 152 g/mol. The SMILES string of the molecule is C=C(CC(=O)ON)C(=O)ON. The molecular formula is C5H8N2O4. The summed E-state index contributed by atoms with van der Waals surface area (Å²) in [5.74, 6) is 7.34. The molecule has 0 aromatic rings. The molecule has 0 rings (SSSR count). The van der Waals surface area contributed by atoms with Crippen LogP contribution in [-0.2, 0) is 19.3 Å². The van der Waals surface area contributed by atoms with Crippen LogP contribution in [-0.4, -0.2) is 11.9 Å². The molecule has 0 unspecified atom stereocenters. The Bertz CT molecular complexity index is 189. The van der Waals surface area contributed by atoms with Crippen molar-refractivity contribution in [3.63, 3.8) is 0 Å². The molecule has 0 heterocycles. The van der Waals surface area contributed by atoms with Gasteiger partial charge in [-0.25, -0.2) is 4.79 Å². The van der Waals surface area contributed by atoms with E-state index in [4.69, 9.17) is 0 Å². The Hall–Kier alpha value is -1.40. The van der Waals surface area contributed by atoms with Crippen LogP contribution >= 0.6 is 0 Å². The Balaban J connectivity index is 3.88. The summed E-state index contributed by atoms with van der Waals surface area (Å²) in [6, 6.07) is 0. The molecule has 0 aromatic heterocycles. The molecule has 6 nitrogen and oxygen atoms in total. The molecule has 0 aliphatic rings. The topological polar surface area (TPSA) is 105 Å². The zero-order valence-corrected chi connectivity index (χ0v) is 5.70. The predicted octanol–water partition coefficient (Wildman–Crippen LogP) is -1.23. The van der Waals surface area contributed by atoms with Crippen LogP contribution in [0.2, 0.25) is 0 Å². The molecule has 0 spiro atoms. The molecule has 0 atom stereocenters. The van der Waals surface area contributed by atoms with Gasteiger partial charge in [-0.1, -0.05) is 6.58 Å². The summed E-state index contributed by atoms with van der Waals surface area (Å²) in [6.45, 7) is 3.20. The molecule has 0 aromatic carbocycles. The van der Waals surface area contributed by atoms with Gasteiger partial charge in [0.2, 0.25) is 0 Å². The third kappa shape index (κ3) is 3.33. The van der Waals surface area contributed by atoms with Crippen molar-refractivity contribution in [2.45, 2.75) is 6.42 Å². The van der Waals surface area contributed by atoms with Crippen LogP contribution in [0.1, 0.15) is 6.42 Å². The Morgan fingerprint density at radius 3 is 2.18 bits per heavy atom. The number of carbonyl (C=O) groups excluding carboxylic acids is 2. The zero-order valence-electron chi connectivity index (χ0n) is 5.70. The van der Waals surface area contributed by atoms with Crippen LogP contribution in [0.15, 0.2) is 12.2 Å². The number of hydrogen-bond donors (Lipinski definition) is 2. The van der Waals surface area contributed by atoms with E-state index in [1.165, 1.54) is 0 Å². The highest BCUT2D eigenvalue weighted by atomic mass is 16.7. The fourth-order valence-corrected chi connectivity index (χ4v) is 0.371. The average Bonchev–Trinajstić information content (AvgIpc) is 2.02. The maximum absolute atomic E-state index is 10.5. The first-order valence-electron chi connectivity index (χ1n) is 2.60. The minimum absolute atomic E-state index is 0.108. The first-order valence-corrected chi connectivity index (χ1v) is 2.60. The second-order valence-corrected chi connectivity index (χ2v) is 1.68. The van der Waals surface area contributed by atoms with Gasteiger partial charge < -0.3 is 9.68 Å². The maximum Gasteiger partial charge on any atom is 0.352 e. The van der Waals surface area contributed by atoms with Gasteiger partial charge in [-0.15, -0.1) is 0 Å². The van der Waals surface area contributed by atoms with Crippen LogP contribution < -0.4 is 11.8 Å². The Kier molecular flexibility index (Phi) is 3.86. The van der Waals surface area contributed by atoms with Crippen LogP contribution in [0, 0.1) is 0 Å². The summed E-state index contributed by atoms with van der Waals surface area (Å²) in [6.07, 6.45) is -0.327. The van der Waals surface area contributed by atoms with Gasteiger partial charge >= 0.3 is 11.9 Å². The van der Waals surface area contributed by atoms with E-state index in [2.05, 4.69) is 28.0 Å². The van der Waals surface area contributed by atoms with Gasteiger partial charge in [-0.3, -0.25) is 4.79 Å². The largest absolute Gasteiger partial charge is 0.373 e. The van der Waals surface area contributed by atoms with Gasteiger partial charge in [0.25, 0.3) is 0 Å². The van der Waals surface area contributed by atoms with Crippen molar-refractivity contribution in [2.24, 2.45) is 11.8 Å². The Morgan fingerprint density at radius 1 is 1.27 bits per heavy atom. The van der Waals surface area contributed by atoms with Gasteiger partial charge in [0, 0.05) is 5.57 Å². The smallest absolute Gasteiger partial charge is 0.352 e. The normalized spacial score (nSPS) is 8.55. The third-order valence-electron chi connectivity index (χ3n) is 0.885. The number of rotatable bonds is 3. The highest BCUT2D eigenvalue weighted by Crippen LogP contribution is 1.99. The van der Waals surface area contributed by atoms with Gasteiger partial charge in [0.1, 0.15) is 0 Å². The van der Waals surface area contributed by atoms with E-state index in [0.717, 1.165) is 0 Å². The van der Waals surface area contributed by atoms with Crippen LogP contribution in [0.25, 0.3) is 0 Å². The summed E-state index contributed by atoms with van der Waals surface area (Å²) in [5.41, 5.74) is -0.108. The van der Waals surface area contributed by atoms with E-state index in [1.807, 2.05) is 0 Å². The van der Waals surface area contributed by atoms with E-state index in [9.17, 15) is 9.59 Å². The molecule has 6 heteroatoms. The van der Waals surface area contributed by atoms with Gasteiger partial charge in [-0.2, -0.15) is 11.8 Å². The number of carbonyl (C=O) groups is 2. The van der Waals surface area contributed by atoms with Crippen molar-refractivity contribution in [3.05, 3.63) is 12.2 Å². The van der Waals surface area contributed by atoms with Crippen molar-refractivity contribution in [3.8, 4) is 0 Å². The van der Waals surface area contributed by atoms with Crippen LogP contribution in [0.3, 0.4) is 0 Å². The Labute approximate surface area is 62.6 Å².